The van der Waals surface area contributed by atoms with Gasteiger partial charge < -0.3 is 16.2 Å². The smallest absolute Gasteiger partial charge is 0.328 e. The Bertz CT molecular complexity index is 508. The number of nitrogens with one attached hydrogen (secondary N) is 1. The molecule has 0 spiro atoms. The van der Waals surface area contributed by atoms with Crippen molar-refractivity contribution in [1.29, 1.82) is 0 Å². The molecule has 0 aliphatic carbocycles. The number of thiophene rings is 1. The van der Waals surface area contributed by atoms with Crippen LogP contribution in [-0.2, 0) is 9.59 Å². The van der Waals surface area contributed by atoms with Crippen molar-refractivity contribution in [3.63, 3.8) is 0 Å². The van der Waals surface area contributed by atoms with Crippen molar-refractivity contribution in [2.24, 2.45) is 5.73 Å². The summed E-state index contributed by atoms with van der Waals surface area (Å²) in [6.45, 7) is 0.349. The van der Waals surface area contributed by atoms with Crippen LogP contribution < -0.4 is 11.1 Å². The van der Waals surface area contributed by atoms with E-state index in [4.69, 9.17) is 10.8 Å². The van der Waals surface area contributed by atoms with Gasteiger partial charge in [-0.3, -0.25) is 9.59 Å². The zero-order chi connectivity index (χ0) is 14.3. The van der Waals surface area contributed by atoms with Crippen LogP contribution in [0.2, 0.25) is 0 Å². The van der Waals surface area contributed by atoms with Crippen molar-refractivity contribution >= 4 is 35.2 Å². The topological polar surface area (TPSA) is 109 Å². The van der Waals surface area contributed by atoms with E-state index >= 15 is 0 Å². The second-order valence-electron chi connectivity index (χ2n) is 3.70. The third kappa shape index (κ3) is 5.35. The Morgan fingerprint density at radius 1 is 1.42 bits per heavy atom. The highest BCUT2D eigenvalue weighted by molar-refractivity contribution is 7.12. The maximum atomic E-state index is 11.8. The molecule has 0 saturated heterocycles. The Hall–Kier alpha value is -2.15. The van der Waals surface area contributed by atoms with E-state index < -0.39 is 11.9 Å². The highest BCUT2D eigenvalue weighted by Gasteiger charge is 2.11. The predicted molar refractivity (Wildman–Crippen MR) is 71.8 cm³/mol. The van der Waals surface area contributed by atoms with Crippen molar-refractivity contribution in [2.75, 3.05) is 6.54 Å². The summed E-state index contributed by atoms with van der Waals surface area (Å²) >= 11 is 1.23. The van der Waals surface area contributed by atoms with Crippen molar-refractivity contribution in [3.05, 3.63) is 28.0 Å². The molecule has 1 rings (SSSR count). The fraction of sp³-hybridized carbons (Fsp3) is 0.250. The van der Waals surface area contributed by atoms with Crippen LogP contribution in [0.3, 0.4) is 0 Å². The lowest BCUT2D eigenvalue weighted by atomic mass is 10.2. The van der Waals surface area contributed by atoms with Crippen molar-refractivity contribution in [2.45, 2.75) is 12.8 Å². The molecule has 1 aromatic heterocycles. The number of aliphatic carboxylic acids is 1. The van der Waals surface area contributed by atoms with Gasteiger partial charge in [-0.15, -0.1) is 11.3 Å². The average molecular weight is 282 g/mol. The zero-order valence-corrected chi connectivity index (χ0v) is 10.9. The Morgan fingerprint density at radius 2 is 2.16 bits per heavy atom. The number of hydrogen-bond donors (Lipinski definition) is 3. The van der Waals surface area contributed by atoms with Gasteiger partial charge in [0, 0.05) is 19.0 Å². The first-order valence-corrected chi connectivity index (χ1v) is 6.43. The molecule has 0 unspecified atom stereocenters. The molecule has 0 fully saturated rings. The Labute approximate surface area is 113 Å². The summed E-state index contributed by atoms with van der Waals surface area (Å²) in [7, 11) is 0. The maximum Gasteiger partial charge on any atom is 0.328 e. The average Bonchev–Trinajstić information content (AvgIpc) is 2.79. The molecule has 0 atom stereocenters. The van der Waals surface area contributed by atoms with Crippen LogP contribution in [0.5, 0.6) is 0 Å². The van der Waals surface area contributed by atoms with E-state index in [0.717, 1.165) is 6.08 Å². The lowest BCUT2D eigenvalue weighted by Gasteiger charge is -2.03. The number of primary amides is 1. The highest BCUT2D eigenvalue weighted by atomic mass is 32.1. The molecule has 19 heavy (non-hydrogen) atoms. The number of carboxylic acid groups (broad SMARTS) is 1. The van der Waals surface area contributed by atoms with Crippen LogP contribution in [0.4, 0.5) is 0 Å². The van der Waals surface area contributed by atoms with E-state index in [-0.39, 0.29) is 12.3 Å². The summed E-state index contributed by atoms with van der Waals surface area (Å²) in [5.74, 6) is -1.76. The molecule has 0 bridgehead atoms. The molecule has 6 nitrogen and oxygen atoms in total. The van der Waals surface area contributed by atoms with Gasteiger partial charge in [-0.05, 0) is 29.5 Å². The van der Waals surface area contributed by atoms with E-state index in [1.807, 2.05) is 0 Å². The molecular formula is C12H14N2O4S. The number of hydrogen-bond acceptors (Lipinski definition) is 4. The summed E-state index contributed by atoms with van der Waals surface area (Å²) in [4.78, 5) is 33.2. The molecule has 0 aliphatic rings. The first-order chi connectivity index (χ1) is 9.00. The fourth-order valence-electron chi connectivity index (χ4n) is 1.34. The molecule has 0 radical (unpaired) electrons. The van der Waals surface area contributed by atoms with Crippen LogP contribution in [-0.4, -0.2) is 29.4 Å². The lowest BCUT2D eigenvalue weighted by molar-refractivity contribution is -0.131. The second-order valence-corrected chi connectivity index (χ2v) is 4.62. The SMILES string of the molecule is NC(=O)CCCNC(=O)c1sccc1/C=C/C(=O)O. The normalized spacial score (nSPS) is 10.5. The minimum absolute atomic E-state index is 0.219. The number of nitrogens with two attached hydrogens (primary N) is 1. The maximum absolute atomic E-state index is 11.8. The number of carboxylic acids is 1. The molecule has 7 heteroatoms. The lowest BCUT2D eigenvalue weighted by Crippen LogP contribution is -2.25. The fourth-order valence-corrected chi connectivity index (χ4v) is 2.14. The summed E-state index contributed by atoms with van der Waals surface area (Å²) in [6.07, 6.45) is 3.05. The van der Waals surface area contributed by atoms with Gasteiger partial charge in [-0.2, -0.15) is 0 Å². The Kier molecular flexibility index (Phi) is 5.74. The second kappa shape index (κ2) is 7.32. The first-order valence-electron chi connectivity index (χ1n) is 5.55. The third-order valence-electron chi connectivity index (χ3n) is 2.19. The summed E-state index contributed by atoms with van der Waals surface area (Å²) in [5, 5.41) is 12.9. The standard InChI is InChI=1S/C12H14N2O4S/c13-9(15)2-1-6-14-12(18)11-8(5-7-19-11)3-4-10(16)17/h3-5,7H,1-2,6H2,(H2,13,15)(H,14,18)(H,16,17)/b4-3+. The zero-order valence-electron chi connectivity index (χ0n) is 10.1. The van der Waals surface area contributed by atoms with E-state index in [1.165, 1.54) is 17.4 Å². The Balaban J connectivity index is 2.55. The van der Waals surface area contributed by atoms with E-state index in [1.54, 1.807) is 11.4 Å². The molecule has 102 valence electrons. The highest BCUT2D eigenvalue weighted by Crippen LogP contribution is 2.18. The molecule has 0 aromatic carbocycles. The largest absolute Gasteiger partial charge is 0.478 e. The van der Waals surface area contributed by atoms with Crippen LogP contribution in [0.1, 0.15) is 28.1 Å². The van der Waals surface area contributed by atoms with Gasteiger partial charge in [-0.25, -0.2) is 4.79 Å². The van der Waals surface area contributed by atoms with Crippen molar-refractivity contribution in [1.82, 2.24) is 5.32 Å². The number of amides is 2. The van der Waals surface area contributed by atoms with Gasteiger partial charge in [0.2, 0.25) is 5.91 Å². The minimum Gasteiger partial charge on any atom is -0.478 e. The molecule has 0 saturated carbocycles. The monoisotopic (exact) mass is 282 g/mol. The van der Waals surface area contributed by atoms with Gasteiger partial charge in [0.25, 0.3) is 5.91 Å². The van der Waals surface area contributed by atoms with Crippen LogP contribution in [0, 0.1) is 0 Å². The summed E-state index contributed by atoms with van der Waals surface area (Å²) < 4.78 is 0. The molecular weight excluding hydrogens is 268 g/mol. The van der Waals surface area contributed by atoms with Crippen LogP contribution in [0.25, 0.3) is 6.08 Å². The van der Waals surface area contributed by atoms with Gasteiger partial charge >= 0.3 is 5.97 Å². The first kappa shape index (κ1) is 14.9. The van der Waals surface area contributed by atoms with Gasteiger partial charge in [-0.1, -0.05) is 0 Å². The van der Waals surface area contributed by atoms with E-state index in [9.17, 15) is 14.4 Å². The van der Waals surface area contributed by atoms with Crippen molar-refractivity contribution < 1.29 is 19.5 Å². The predicted octanol–water partition coefficient (Wildman–Crippen LogP) is 0.841. The number of rotatable bonds is 7. The van der Waals surface area contributed by atoms with Crippen molar-refractivity contribution in [3.8, 4) is 0 Å². The minimum atomic E-state index is -1.07. The third-order valence-corrected chi connectivity index (χ3v) is 3.12. The van der Waals surface area contributed by atoms with Crippen LogP contribution >= 0.6 is 11.3 Å². The molecule has 4 N–H and O–H groups in total. The van der Waals surface area contributed by atoms with E-state index in [2.05, 4.69) is 5.32 Å². The molecule has 1 aromatic rings. The van der Waals surface area contributed by atoms with Crippen LogP contribution in [0.15, 0.2) is 17.5 Å². The van der Waals surface area contributed by atoms with E-state index in [0.29, 0.717) is 23.4 Å². The summed E-state index contributed by atoms with van der Waals surface area (Å²) in [5.41, 5.74) is 5.54. The molecule has 1 heterocycles. The van der Waals surface area contributed by atoms with Gasteiger partial charge in [0.1, 0.15) is 0 Å². The number of carbonyl (C=O) groups excluding carboxylic acids is 2. The molecule has 0 aliphatic heterocycles. The summed E-state index contributed by atoms with van der Waals surface area (Å²) in [6, 6.07) is 1.67. The van der Waals surface area contributed by atoms with Gasteiger partial charge in [0.05, 0.1) is 4.88 Å². The van der Waals surface area contributed by atoms with Gasteiger partial charge in [0.15, 0.2) is 0 Å². The quantitative estimate of drug-likeness (QED) is 0.508. The Morgan fingerprint density at radius 3 is 2.79 bits per heavy atom. The molecule has 2 amide bonds. The number of carbonyl (C=O) groups is 3.